The van der Waals surface area contributed by atoms with Gasteiger partial charge in [-0.2, -0.15) is 0 Å². The summed E-state index contributed by atoms with van der Waals surface area (Å²) in [6.45, 7) is 6.57. The molecule has 1 aliphatic heterocycles. The van der Waals surface area contributed by atoms with E-state index in [4.69, 9.17) is 4.74 Å². The summed E-state index contributed by atoms with van der Waals surface area (Å²) in [6.07, 6.45) is -0.0194. The average molecular weight is 265 g/mol. The minimum Gasteiger partial charge on any atom is -0.468 e. The molecule has 1 aromatic carbocycles. The topological polar surface area (TPSA) is 47.6 Å². The van der Waals surface area contributed by atoms with E-state index in [2.05, 4.69) is 29.1 Å². The summed E-state index contributed by atoms with van der Waals surface area (Å²) in [6, 6.07) is 9.97. The molecular formula is C15H23NO3. The van der Waals surface area contributed by atoms with E-state index in [-0.39, 0.29) is 18.2 Å². The number of nitrogens with one attached hydrogen (secondary N) is 1. The molecule has 1 heterocycles. The van der Waals surface area contributed by atoms with Gasteiger partial charge in [0.15, 0.2) is 0 Å². The zero-order valence-corrected chi connectivity index (χ0v) is 12.1. The first-order chi connectivity index (χ1) is 9.04. The molecular weight excluding hydrogens is 242 g/mol. The van der Waals surface area contributed by atoms with E-state index in [9.17, 15) is 4.79 Å². The van der Waals surface area contributed by atoms with Crippen LogP contribution in [0.15, 0.2) is 30.3 Å². The maximum absolute atomic E-state index is 11.0. The molecule has 4 nitrogen and oxygen atoms in total. The van der Waals surface area contributed by atoms with E-state index < -0.39 is 0 Å². The molecule has 1 aromatic rings. The fraction of sp³-hybridized carbons (Fsp3) is 0.533. The van der Waals surface area contributed by atoms with Gasteiger partial charge in [-0.05, 0) is 12.8 Å². The van der Waals surface area contributed by atoms with Crippen LogP contribution in [0.3, 0.4) is 0 Å². The Morgan fingerprint density at radius 3 is 2.37 bits per heavy atom. The Morgan fingerprint density at radius 2 is 2.00 bits per heavy atom. The molecule has 106 valence electrons. The summed E-state index contributed by atoms with van der Waals surface area (Å²) >= 11 is 0. The average Bonchev–Trinajstić information content (AvgIpc) is 2.89. The van der Waals surface area contributed by atoms with Crippen LogP contribution in [-0.2, 0) is 14.3 Å². The number of ether oxygens (including phenoxy) is 2. The number of hydrogen-bond acceptors (Lipinski definition) is 4. The molecule has 1 saturated heterocycles. The minimum atomic E-state index is -0.289. The van der Waals surface area contributed by atoms with Gasteiger partial charge in [0.25, 0.3) is 0 Å². The van der Waals surface area contributed by atoms with Crippen molar-refractivity contribution in [2.75, 3.05) is 13.7 Å². The van der Waals surface area contributed by atoms with Crippen molar-refractivity contribution >= 4 is 5.97 Å². The van der Waals surface area contributed by atoms with E-state index in [1.807, 2.05) is 32.0 Å². The fourth-order valence-electron chi connectivity index (χ4n) is 1.69. The fourth-order valence-corrected chi connectivity index (χ4v) is 1.69. The van der Waals surface area contributed by atoms with Gasteiger partial charge in [-0.15, -0.1) is 0 Å². The predicted octanol–water partition coefficient (Wildman–Crippen LogP) is 2.12. The molecule has 19 heavy (non-hydrogen) atoms. The number of carbonyl (C=O) groups is 1. The highest BCUT2D eigenvalue weighted by Gasteiger charge is 2.31. The van der Waals surface area contributed by atoms with E-state index >= 15 is 0 Å². The largest absolute Gasteiger partial charge is 0.468 e. The summed E-state index contributed by atoms with van der Waals surface area (Å²) in [7, 11) is 1.38. The van der Waals surface area contributed by atoms with Gasteiger partial charge in [0, 0.05) is 0 Å². The van der Waals surface area contributed by atoms with Gasteiger partial charge in [-0.1, -0.05) is 49.7 Å². The van der Waals surface area contributed by atoms with Crippen LogP contribution in [-0.4, -0.2) is 32.0 Å². The number of aryl methyl sites for hydroxylation is 1. The molecule has 4 heteroatoms. The lowest BCUT2D eigenvalue weighted by Gasteiger charge is -2.14. The lowest BCUT2D eigenvalue weighted by atomic mass is 10.2. The first-order valence-corrected chi connectivity index (χ1v) is 6.51. The van der Waals surface area contributed by atoms with Crippen molar-refractivity contribution in [2.45, 2.75) is 33.0 Å². The molecule has 1 N–H and O–H groups in total. The summed E-state index contributed by atoms with van der Waals surface area (Å²) < 4.78 is 9.92. The smallest absolute Gasteiger partial charge is 0.325 e. The second-order valence-corrected chi connectivity index (χ2v) is 4.90. The SMILES string of the molecule is COC(=O)[C@@H]1COC(C(C)C)N1.Cc1ccccc1. The molecule has 0 aliphatic carbocycles. The van der Waals surface area contributed by atoms with E-state index in [0.29, 0.717) is 12.5 Å². The number of benzene rings is 1. The highest BCUT2D eigenvalue weighted by molar-refractivity contribution is 5.76. The Hall–Kier alpha value is -1.39. The normalized spacial score (nSPS) is 21.7. The van der Waals surface area contributed by atoms with Gasteiger partial charge >= 0.3 is 5.97 Å². The third kappa shape index (κ3) is 5.41. The lowest BCUT2D eigenvalue weighted by molar-refractivity contribution is -0.142. The molecule has 1 unspecified atom stereocenters. The van der Waals surface area contributed by atoms with Crippen molar-refractivity contribution in [3.63, 3.8) is 0 Å². The van der Waals surface area contributed by atoms with Gasteiger partial charge in [0.2, 0.25) is 0 Å². The quantitative estimate of drug-likeness (QED) is 0.832. The third-order valence-corrected chi connectivity index (χ3v) is 2.84. The highest BCUT2D eigenvalue weighted by Crippen LogP contribution is 2.11. The number of methoxy groups -OCH3 is 1. The minimum absolute atomic E-state index is 0.0194. The Labute approximate surface area is 115 Å². The Kier molecular flexibility index (Phi) is 6.53. The zero-order valence-electron chi connectivity index (χ0n) is 12.1. The monoisotopic (exact) mass is 265 g/mol. The molecule has 0 amide bonds. The molecule has 0 bridgehead atoms. The third-order valence-electron chi connectivity index (χ3n) is 2.84. The molecule has 2 atom stereocenters. The van der Waals surface area contributed by atoms with E-state index in [1.54, 1.807) is 0 Å². The van der Waals surface area contributed by atoms with Gasteiger partial charge in [-0.3, -0.25) is 10.1 Å². The molecule has 1 fully saturated rings. The summed E-state index contributed by atoms with van der Waals surface area (Å²) in [5, 5.41) is 3.04. The zero-order chi connectivity index (χ0) is 14.3. The van der Waals surface area contributed by atoms with Crippen LogP contribution in [0.5, 0.6) is 0 Å². The van der Waals surface area contributed by atoms with Crippen molar-refractivity contribution in [1.29, 1.82) is 0 Å². The molecule has 1 aliphatic rings. The Morgan fingerprint density at radius 1 is 1.37 bits per heavy atom. The Balaban J connectivity index is 0.000000218. The van der Waals surface area contributed by atoms with Crippen molar-refractivity contribution in [2.24, 2.45) is 5.92 Å². The van der Waals surface area contributed by atoms with Gasteiger partial charge < -0.3 is 9.47 Å². The van der Waals surface area contributed by atoms with Crippen LogP contribution >= 0.6 is 0 Å². The van der Waals surface area contributed by atoms with Gasteiger partial charge in [-0.25, -0.2) is 0 Å². The maximum atomic E-state index is 11.0. The lowest BCUT2D eigenvalue weighted by Crippen LogP contribution is -2.39. The van der Waals surface area contributed by atoms with E-state index in [0.717, 1.165) is 0 Å². The van der Waals surface area contributed by atoms with Crippen LogP contribution in [0.2, 0.25) is 0 Å². The van der Waals surface area contributed by atoms with Crippen molar-refractivity contribution in [1.82, 2.24) is 5.32 Å². The summed E-state index contributed by atoms with van der Waals surface area (Å²) in [5.74, 6) is 0.123. The number of rotatable bonds is 2. The van der Waals surface area contributed by atoms with Crippen LogP contribution in [0, 0.1) is 12.8 Å². The maximum Gasteiger partial charge on any atom is 0.325 e. The van der Waals surface area contributed by atoms with Gasteiger partial charge in [0.1, 0.15) is 12.3 Å². The van der Waals surface area contributed by atoms with Crippen LogP contribution in [0.1, 0.15) is 19.4 Å². The van der Waals surface area contributed by atoms with Crippen LogP contribution in [0.25, 0.3) is 0 Å². The van der Waals surface area contributed by atoms with Crippen LogP contribution < -0.4 is 5.32 Å². The van der Waals surface area contributed by atoms with E-state index in [1.165, 1.54) is 12.7 Å². The second-order valence-electron chi connectivity index (χ2n) is 4.90. The number of esters is 1. The molecule has 0 saturated carbocycles. The molecule has 0 aromatic heterocycles. The summed E-state index contributed by atoms with van der Waals surface area (Å²) in [4.78, 5) is 11.0. The number of carbonyl (C=O) groups excluding carboxylic acids is 1. The first-order valence-electron chi connectivity index (χ1n) is 6.51. The molecule has 0 spiro atoms. The van der Waals surface area contributed by atoms with Crippen molar-refractivity contribution < 1.29 is 14.3 Å². The predicted molar refractivity (Wildman–Crippen MR) is 74.7 cm³/mol. The highest BCUT2D eigenvalue weighted by atomic mass is 16.5. The van der Waals surface area contributed by atoms with Crippen LogP contribution in [0.4, 0.5) is 0 Å². The van der Waals surface area contributed by atoms with Crippen molar-refractivity contribution in [3.8, 4) is 0 Å². The standard InChI is InChI=1S/C8H15NO3.C7H8/c1-5(2)7-9-6(4-12-7)8(10)11-3;1-7-5-3-2-4-6-7/h5-7,9H,4H2,1-3H3;2-6H,1H3/t6-,7?;/m0./s1. The second kappa shape index (κ2) is 7.92. The first kappa shape index (κ1) is 15.7. The molecule has 2 rings (SSSR count). The molecule has 0 radical (unpaired) electrons. The Bertz CT molecular complexity index is 378. The van der Waals surface area contributed by atoms with Crippen molar-refractivity contribution in [3.05, 3.63) is 35.9 Å². The summed E-state index contributed by atoms with van der Waals surface area (Å²) in [5.41, 5.74) is 1.32. The number of hydrogen-bond donors (Lipinski definition) is 1. The van der Waals surface area contributed by atoms with Gasteiger partial charge in [0.05, 0.1) is 13.7 Å².